The van der Waals surface area contributed by atoms with Gasteiger partial charge in [-0.25, -0.2) is 0 Å². The SMILES string of the molecule is CC(C1CC1)N(C)Cc1nc(-c2cccnc2)no1. The molecular weight excluding hydrogens is 240 g/mol. The van der Waals surface area contributed by atoms with Crippen molar-refractivity contribution in [3.8, 4) is 11.4 Å². The highest BCUT2D eigenvalue weighted by atomic mass is 16.5. The van der Waals surface area contributed by atoms with E-state index >= 15 is 0 Å². The van der Waals surface area contributed by atoms with Crippen LogP contribution in [-0.4, -0.2) is 33.1 Å². The van der Waals surface area contributed by atoms with Gasteiger partial charge in [-0.3, -0.25) is 9.88 Å². The van der Waals surface area contributed by atoms with Crippen LogP contribution < -0.4 is 0 Å². The molecule has 1 aliphatic rings. The maximum absolute atomic E-state index is 5.31. The Kier molecular flexibility index (Phi) is 3.29. The molecule has 0 bridgehead atoms. The van der Waals surface area contributed by atoms with E-state index in [1.54, 1.807) is 12.4 Å². The molecule has 1 atom stereocenters. The predicted molar refractivity (Wildman–Crippen MR) is 71.2 cm³/mol. The van der Waals surface area contributed by atoms with Crippen LogP contribution in [0.5, 0.6) is 0 Å². The molecule has 0 N–H and O–H groups in total. The Morgan fingerprint density at radius 1 is 1.47 bits per heavy atom. The Hall–Kier alpha value is -1.75. The fraction of sp³-hybridized carbons (Fsp3) is 0.500. The molecule has 5 nitrogen and oxygen atoms in total. The molecule has 0 radical (unpaired) electrons. The van der Waals surface area contributed by atoms with Gasteiger partial charge in [0.1, 0.15) is 0 Å². The van der Waals surface area contributed by atoms with E-state index in [1.165, 1.54) is 12.8 Å². The van der Waals surface area contributed by atoms with Gasteiger partial charge in [0.25, 0.3) is 0 Å². The monoisotopic (exact) mass is 258 g/mol. The van der Waals surface area contributed by atoms with Crippen LogP contribution in [0.2, 0.25) is 0 Å². The minimum atomic E-state index is 0.578. The molecule has 2 aromatic rings. The summed E-state index contributed by atoms with van der Waals surface area (Å²) in [7, 11) is 2.11. The van der Waals surface area contributed by atoms with Gasteiger partial charge in [0.05, 0.1) is 6.54 Å². The quantitative estimate of drug-likeness (QED) is 0.824. The Morgan fingerprint density at radius 2 is 2.32 bits per heavy atom. The van der Waals surface area contributed by atoms with Crippen LogP contribution in [0.25, 0.3) is 11.4 Å². The molecule has 2 heterocycles. The van der Waals surface area contributed by atoms with Crippen LogP contribution in [0.3, 0.4) is 0 Å². The Balaban J connectivity index is 1.68. The molecular formula is C14H18N4O. The first-order valence-corrected chi connectivity index (χ1v) is 6.67. The Morgan fingerprint density at radius 3 is 3.00 bits per heavy atom. The summed E-state index contributed by atoms with van der Waals surface area (Å²) in [4.78, 5) is 10.8. The number of hydrogen-bond acceptors (Lipinski definition) is 5. The molecule has 0 saturated heterocycles. The molecule has 5 heteroatoms. The summed E-state index contributed by atoms with van der Waals surface area (Å²) < 4.78 is 5.31. The highest BCUT2D eigenvalue weighted by Gasteiger charge is 2.30. The van der Waals surface area contributed by atoms with Crippen molar-refractivity contribution in [2.24, 2.45) is 5.92 Å². The third kappa shape index (κ3) is 2.81. The van der Waals surface area contributed by atoms with Gasteiger partial charge in [-0.2, -0.15) is 4.98 Å². The maximum atomic E-state index is 5.31. The van der Waals surface area contributed by atoms with E-state index in [0.29, 0.717) is 24.3 Å². The lowest BCUT2D eigenvalue weighted by atomic mass is 10.2. The van der Waals surface area contributed by atoms with Crippen LogP contribution in [0.15, 0.2) is 29.0 Å². The molecule has 0 spiro atoms. The normalized spacial score (nSPS) is 16.8. The lowest BCUT2D eigenvalue weighted by molar-refractivity contribution is 0.197. The minimum Gasteiger partial charge on any atom is -0.338 e. The molecule has 1 saturated carbocycles. The number of pyridine rings is 1. The average molecular weight is 258 g/mol. The van der Waals surface area contributed by atoms with E-state index in [4.69, 9.17) is 4.52 Å². The van der Waals surface area contributed by atoms with Crippen LogP contribution in [0.1, 0.15) is 25.7 Å². The second-order valence-electron chi connectivity index (χ2n) is 5.25. The molecule has 19 heavy (non-hydrogen) atoms. The van der Waals surface area contributed by atoms with Crippen LogP contribution in [0, 0.1) is 5.92 Å². The summed E-state index contributed by atoms with van der Waals surface area (Å²) in [6.45, 7) is 2.96. The second kappa shape index (κ2) is 5.09. The molecule has 0 aliphatic heterocycles. The first-order chi connectivity index (χ1) is 9.24. The molecule has 100 valence electrons. The zero-order valence-corrected chi connectivity index (χ0v) is 11.3. The van der Waals surface area contributed by atoms with E-state index in [1.807, 2.05) is 12.1 Å². The van der Waals surface area contributed by atoms with Crippen molar-refractivity contribution in [1.29, 1.82) is 0 Å². The van der Waals surface area contributed by atoms with Crippen LogP contribution >= 0.6 is 0 Å². The summed E-state index contributed by atoms with van der Waals surface area (Å²) in [5.74, 6) is 2.11. The number of rotatable bonds is 5. The lowest BCUT2D eigenvalue weighted by Gasteiger charge is -2.22. The van der Waals surface area contributed by atoms with E-state index in [2.05, 4.69) is 34.0 Å². The van der Waals surface area contributed by atoms with Gasteiger partial charge in [-0.05, 0) is 44.9 Å². The Bertz CT molecular complexity index is 535. The van der Waals surface area contributed by atoms with Crippen molar-refractivity contribution >= 4 is 0 Å². The molecule has 1 unspecified atom stereocenters. The highest BCUT2D eigenvalue weighted by molar-refractivity contribution is 5.51. The molecule has 0 amide bonds. The van der Waals surface area contributed by atoms with Crippen LogP contribution in [-0.2, 0) is 6.54 Å². The van der Waals surface area contributed by atoms with E-state index < -0.39 is 0 Å². The predicted octanol–water partition coefficient (Wildman–Crippen LogP) is 2.36. The van der Waals surface area contributed by atoms with Crippen LogP contribution in [0.4, 0.5) is 0 Å². The average Bonchev–Trinajstić information content (AvgIpc) is 3.19. The van der Waals surface area contributed by atoms with Gasteiger partial charge in [-0.15, -0.1) is 0 Å². The fourth-order valence-corrected chi connectivity index (χ4v) is 2.23. The third-order valence-electron chi connectivity index (χ3n) is 3.77. The number of nitrogens with zero attached hydrogens (tertiary/aromatic N) is 4. The molecule has 2 aromatic heterocycles. The first kappa shape index (κ1) is 12.3. The zero-order valence-electron chi connectivity index (χ0n) is 11.3. The van der Waals surface area contributed by atoms with Gasteiger partial charge in [0.2, 0.25) is 11.7 Å². The summed E-state index contributed by atoms with van der Waals surface area (Å²) in [6.07, 6.45) is 6.16. The van der Waals surface area contributed by atoms with Crippen molar-refractivity contribution in [1.82, 2.24) is 20.0 Å². The van der Waals surface area contributed by atoms with E-state index in [0.717, 1.165) is 11.5 Å². The van der Waals surface area contributed by atoms with Gasteiger partial charge >= 0.3 is 0 Å². The third-order valence-corrected chi connectivity index (χ3v) is 3.77. The second-order valence-corrected chi connectivity index (χ2v) is 5.25. The van der Waals surface area contributed by atoms with E-state index in [9.17, 15) is 0 Å². The maximum Gasteiger partial charge on any atom is 0.241 e. The molecule has 1 aliphatic carbocycles. The van der Waals surface area contributed by atoms with Crippen molar-refractivity contribution in [2.45, 2.75) is 32.4 Å². The van der Waals surface area contributed by atoms with E-state index in [-0.39, 0.29) is 0 Å². The van der Waals surface area contributed by atoms with Gasteiger partial charge < -0.3 is 4.52 Å². The standard InChI is InChI=1S/C14H18N4O/c1-10(11-5-6-11)18(2)9-13-16-14(17-19-13)12-4-3-7-15-8-12/h3-4,7-8,10-11H,5-6,9H2,1-2H3. The molecule has 0 aromatic carbocycles. The summed E-state index contributed by atoms with van der Waals surface area (Å²) in [5.41, 5.74) is 0.885. The van der Waals surface area contributed by atoms with Gasteiger partial charge in [0, 0.05) is 24.0 Å². The number of aromatic nitrogens is 3. The first-order valence-electron chi connectivity index (χ1n) is 6.67. The summed E-state index contributed by atoms with van der Waals surface area (Å²) in [6, 6.07) is 4.37. The topological polar surface area (TPSA) is 55.1 Å². The van der Waals surface area contributed by atoms with Gasteiger partial charge in [-0.1, -0.05) is 5.16 Å². The smallest absolute Gasteiger partial charge is 0.241 e. The highest BCUT2D eigenvalue weighted by Crippen LogP contribution is 2.35. The van der Waals surface area contributed by atoms with Crippen molar-refractivity contribution in [2.75, 3.05) is 7.05 Å². The Labute approximate surface area is 112 Å². The molecule has 3 rings (SSSR count). The largest absolute Gasteiger partial charge is 0.338 e. The molecule has 1 fully saturated rings. The fourth-order valence-electron chi connectivity index (χ4n) is 2.23. The zero-order chi connectivity index (χ0) is 13.2. The van der Waals surface area contributed by atoms with Crippen molar-refractivity contribution in [3.63, 3.8) is 0 Å². The van der Waals surface area contributed by atoms with Crippen molar-refractivity contribution in [3.05, 3.63) is 30.4 Å². The minimum absolute atomic E-state index is 0.578. The lowest BCUT2D eigenvalue weighted by Crippen LogP contribution is -2.30. The van der Waals surface area contributed by atoms with Gasteiger partial charge in [0.15, 0.2) is 0 Å². The van der Waals surface area contributed by atoms with Crippen molar-refractivity contribution < 1.29 is 4.52 Å². The summed E-state index contributed by atoms with van der Waals surface area (Å²) >= 11 is 0. The summed E-state index contributed by atoms with van der Waals surface area (Å²) in [5, 5.41) is 4.01. The number of hydrogen-bond donors (Lipinski definition) is 0.